The Kier molecular flexibility index (Phi) is 2.77. The second-order valence-corrected chi connectivity index (χ2v) is 5.89. The lowest BCUT2D eigenvalue weighted by Crippen LogP contribution is -2.33. The minimum absolute atomic E-state index is 0.560. The number of aromatic nitrogens is 1. The third kappa shape index (κ3) is 1.83. The molecule has 2 aliphatic rings. The maximum absolute atomic E-state index is 6.02. The molecule has 3 N–H and O–H groups in total. The second-order valence-electron chi connectivity index (χ2n) is 5.89. The van der Waals surface area contributed by atoms with Crippen LogP contribution in [0.15, 0.2) is 30.5 Å². The number of nitrogen functional groups attached to an aromatic ring is 1. The van der Waals surface area contributed by atoms with Crippen molar-refractivity contribution in [3.05, 3.63) is 30.5 Å². The zero-order valence-electron chi connectivity index (χ0n) is 11.5. The van der Waals surface area contributed by atoms with Gasteiger partial charge in [0.2, 0.25) is 0 Å². The van der Waals surface area contributed by atoms with Gasteiger partial charge in [0.25, 0.3) is 0 Å². The standard InChI is InChI=1S/C16H20N4/c17-12-4-1-3-11-13(6-8-18-16(11)12)19-14-7-10-20-9-2-5-15(14)20/h1,3-4,6,8,14-15H,2,5,7,9-10,17H2,(H,18,19). The highest BCUT2D eigenvalue weighted by Gasteiger charge is 2.37. The summed E-state index contributed by atoms with van der Waals surface area (Å²) in [7, 11) is 0. The predicted octanol–water partition coefficient (Wildman–Crippen LogP) is 2.47. The molecule has 1 aromatic carbocycles. The summed E-state index contributed by atoms with van der Waals surface area (Å²) in [5, 5.41) is 4.87. The van der Waals surface area contributed by atoms with Gasteiger partial charge in [-0.3, -0.25) is 9.88 Å². The number of hydrogen-bond donors (Lipinski definition) is 2. The number of pyridine rings is 1. The molecule has 104 valence electrons. The molecule has 0 spiro atoms. The van der Waals surface area contributed by atoms with Crippen LogP contribution in [0.5, 0.6) is 0 Å². The summed E-state index contributed by atoms with van der Waals surface area (Å²) in [4.78, 5) is 7.03. The van der Waals surface area contributed by atoms with Crippen LogP contribution in [-0.4, -0.2) is 35.1 Å². The van der Waals surface area contributed by atoms with E-state index < -0.39 is 0 Å². The van der Waals surface area contributed by atoms with E-state index in [0.717, 1.165) is 16.6 Å². The van der Waals surface area contributed by atoms with E-state index in [1.54, 1.807) is 0 Å². The van der Waals surface area contributed by atoms with Crippen molar-refractivity contribution in [2.75, 3.05) is 24.1 Å². The second kappa shape index (κ2) is 4.63. The average Bonchev–Trinajstić information content (AvgIpc) is 3.05. The largest absolute Gasteiger partial charge is 0.397 e. The minimum Gasteiger partial charge on any atom is -0.397 e. The number of nitrogens with zero attached hydrogens (tertiary/aromatic N) is 2. The lowest BCUT2D eigenvalue weighted by Gasteiger charge is -2.23. The van der Waals surface area contributed by atoms with Crippen molar-refractivity contribution in [3.63, 3.8) is 0 Å². The van der Waals surface area contributed by atoms with Gasteiger partial charge in [-0.1, -0.05) is 12.1 Å². The van der Waals surface area contributed by atoms with Crippen molar-refractivity contribution in [3.8, 4) is 0 Å². The fourth-order valence-electron chi connectivity index (χ4n) is 3.78. The first-order chi connectivity index (χ1) is 9.83. The SMILES string of the molecule is Nc1cccc2c(NC3CCN4CCCC34)ccnc12. The van der Waals surface area contributed by atoms with Crippen LogP contribution in [0.2, 0.25) is 0 Å². The van der Waals surface area contributed by atoms with Crippen molar-refractivity contribution in [1.29, 1.82) is 0 Å². The number of fused-ring (bicyclic) bond motifs is 2. The molecule has 2 aliphatic heterocycles. The molecule has 2 fully saturated rings. The summed E-state index contributed by atoms with van der Waals surface area (Å²) in [5.74, 6) is 0. The third-order valence-electron chi connectivity index (χ3n) is 4.75. The Bertz CT molecular complexity index is 639. The van der Waals surface area contributed by atoms with E-state index in [4.69, 9.17) is 5.73 Å². The van der Waals surface area contributed by atoms with E-state index in [1.807, 2.05) is 18.3 Å². The quantitative estimate of drug-likeness (QED) is 0.822. The van der Waals surface area contributed by atoms with Gasteiger partial charge in [0, 0.05) is 35.9 Å². The summed E-state index contributed by atoms with van der Waals surface area (Å²) >= 11 is 0. The van der Waals surface area contributed by atoms with Gasteiger partial charge in [0.15, 0.2) is 0 Å². The smallest absolute Gasteiger partial charge is 0.0951 e. The van der Waals surface area contributed by atoms with Crippen LogP contribution >= 0.6 is 0 Å². The van der Waals surface area contributed by atoms with Crippen LogP contribution < -0.4 is 11.1 Å². The number of benzene rings is 1. The lowest BCUT2D eigenvalue weighted by atomic mass is 10.1. The molecule has 2 atom stereocenters. The van der Waals surface area contributed by atoms with Gasteiger partial charge >= 0.3 is 0 Å². The van der Waals surface area contributed by atoms with E-state index in [-0.39, 0.29) is 0 Å². The minimum atomic E-state index is 0.560. The molecule has 2 unspecified atom stereocenters. The van der Waals surface area contributed by atoms with Crippen LogP contribution in [-0.2, 0) is 0 Å². The molecular weight excluding hydrogens is 248 g/mol. The first-order valence-electron chi connectivity index (χ1n) is 7.47. The number of nitrogens with two attached hydrogens (primary N) is 1. The van der Waals surface area contributed by atoms with Crippen molar-refractivity contribution in [1.82, 2.24) is 9.88 Å². The fourth-order valence-corrected chi connectivity index (χ4v) is 3.78. The van der Waals surface area contributed by atoms with Gasteiger partial charge in [-0.15, -0.1) is 0 Å². The molecule has 3 heterocycles. The number of para-hydroxylation sites is 1. The number of rotatable bonds is 2. The Morgan fingerprint density at radius 1 is 1.20 bits per heavy atom. The molecule has 20 heavy (non-hydrogen) atoms. The summed E-state index contributed by atoms with van der Waals surface area (Å²) < 4.78 is 0. The van der Waals surface area contributed by atoms with Gasteiger partial charge in [-0.05, 0) is 37.9 Å². The maximum atomic E-state index is 6.02. The van der Waals surface area contributed by atoms with E-state index in [0.29, 0.717) is 12.1 Å². The molecular formula is C16H20N4. The fraction of sp³-hybridized carbons (Fsp3) is 0.438. The van der Waals surface area contributed by atoms with E-state index in [1.165, 1.54) is 38.0 Å². The number of nitrogens with one attached hydrogen (secondary N) is 1. The Hall–Kier alpha value is -1.81. The first-order valence-corrected chi connectivity index (χ1v) is 7.47. The molecule has 0 saturated carbocycles. The monoisotopic (exact) mass is 268 g/mol. The molecule has 4 heteroatoms. The topological polar surface area (TPSA) is 54.2 Å². The van der Waals surface area contributed by atoms with Crippen molar-refractivity contribution in [2.45, 2.75) is 31.3 Å². The van der Waals surface area contributed by atoms with Gasteiger partial charge in [0.1, 0.15) is 0 Å². The van der Waals surface area contributed by atoms with Crippen LogP contribution in [0.4, 0.5) is 11.4 Å². The van der Waals surface area contributed by atoms with Gasteiger partial charge in [-0.25, -0.2) is 0 Å². The Balaban J connectivity index is 1.67. The molecule has 4 rings (SSSR count). The molecule has 1 aromatic heterocycles. The van der Waals surface area contributed by atoms with Gasteiger partial charge < -0.3 is 11.1 Å². The van der Waals surface area contributed by atoms with Crippen LogP contribution in [0, 0.1) is 0 Å². The maximum Gasteiger partial charge on any atom is 0.0951 e. The summed E-state index contributed by atoms with van der Waals surface area (Å²) in [6.45, 7) is 2.50. The summed E-state index contributed by atoms with van der Waals surface area (Å²) in [5.41, 5.74) is 8.84. The highest BCUT2D eigenvalue weighted by Crippen LogP contribution is 2.32. The normalized spacial score (nSPS) is 26.0. The van der Waals surface area contributed by atoms with Gasteiger partial charge in [-0.2, -0.15) is 0 Å². The van der Waals surface area contributed by atoms with Crippen LogP contribution in [0.1, 0.15) is 19.3 Å². The molecule has 2 aromatic rings. The van der Waals surface area contributed by atoms with E-state index in [9.17, 15) is 0 Å². The van der Waals surface area contributed by atoms with Crippen molar-refractivity contribution < 1.29 is 0 Å². The van der Waals surface area contributed by atoms with Crippen LogP contribution in [0.25, 0.3) is 10.9 Å². The first kappa shape index (κ1) is 12.0. The third-order valence-corrected chi connectivity index (χ3v) is 4.75. The lowest BCUT2D eigenvalue weighted by molar-refractivity contribution is 0.318. The van der Waals surface area contributed by atoms with Crippen molar-refractivity contribution >= 4 is 22.3 Å². The zero-order chi connectivity index (χ0) is 13.5. The Morgan fingerprint density at radius 3 is 3.10 bits per heavy atom. The Labute approximate surface area is 119 Å². The molecule has 2 saturated heterocycles. The Morgan fingerprint density at radius 2 is 2.15 bits per heavy atom. The molecule has 4 nitrogen and oxygen atoms in total. The van der Waals surface area contributed by atoms with E-state index in [2.05, 4.69) is 27.3 Å². The highest BCUT2D eigenvalue weighted by molar-refractivity contribution is 5.97. The average molecular weight is 268 g/mol. The molecule has 0 bridgehead atoms. The van der Waals surface area contributed by atoms with E-state index >= 15 is 0 Å². The summed E-state index contributed by atoms with van der Waals surface area (Å²) in [6.07, 6.45) is 5.74. The van der Waals surface area contributed by atoms with Gasteiger partial charge in [0.05, 0.1) is 11.2 Å². The molecule has 0 amide bonds. The predicted molar refractivity (Wildman–Crippen MR) is 82.8 cm³/mol. The molecule has 0 radical (unpaired) electrons. The summed E-state index contributed by atoms with van der Waals surface area (Å²) in [6, 6.07) is 9.35. The zero-order valence-corrected chi connectivity index (χ0v) is 11.5. The molecule has 0 aliphatic carbocycles. The number of hydrogen-bond acceptors (Lipinski definition) is 4. The van der Waals surface area contributed by atoms with Crippen molar-refractivity contribution in [2.24, 2.45) is 0 Å². The van der Waals surface area contributed by atoms with Crippen LogP contribution in [0.3, 0.4) is 0 Å². The number of anilines is 2. The highest BCUT2D eigenvalue weighted by atomic mass is 15.2.